The number of hydrogen-bond acceptors (Lipinski definition) is 2. The highest BCUT2D eigenvalue weighted by Crippen LogP contribution is 2.02. The van der Waals surface area contributed by atoms with Crippen LogP contribution in [0.2, 0.25) is 0 Å². The molecule has 5 heteroatoms. The highest BCUT2D eigenvalue weighted by Gasteiger charge is 2.04. The van der Waals surface area contributed by atoms with E-state index in [0.717, 1.165) is 11.3 Å². The zero-order valence-corrected chi connectivity index (χ0v) is 8.43. The molecule has 1 aromatic heterocycles. The van der Waals surface area contributed by atoms with Crippen LogP contribution in [0.5, 0.6) is 0 Å². The molecule has 13 heavy (non-hydrogen) atoms. The lowest BCUT2D eigenvalue weighted by Gasteiger charge is -1.99. The van der Waals surface area contributed by atoms with E-state index in [1.54, 1.807) is 4.68 Å². The van der Waals surface area contributed by atoms with Gasteiger partial charge in [0.15, 0.2) is 0 Å². The van der Waals surface area contributed by atoms with E-state index in [2.05, 4.69) is 10.4 Å². The first-order valence-electron chi connectivity index (χ1n) is 3.95. The number of halogens is 1. The van der Waals surface area contributed by atoms with Gasteiger partial charge >= 0.3 is 0 Å². The van der Waals surface area contributed by atoms with E-state index in [4.69, 9.17) is 11.6 Å². The highest BCUT2D eigenvalue weighted by atomic mass is 35.5. The Morgan fingerprint density at radius 1 is 1.77 bits per heavy atom. The zero-order valence-electron chi connectivity index (χ0n) is 7.67. The number of carbonyl (C=O) groups is 1. The number of aromatic nitrogens is 2. The summed E-state index contributed by atoms with van der Waals surface area (Å²) in [6.07, 6.45) is 1.90. The largest absolute Gasteiger partial charge is 0.349 e. The Morgan fingerprint density at radius 2 is 2.46 bits per heavy atom. The fraction of sp³-hybridized carbons (Fsp3) is 0.500. The maximum atomic E-state index is 10.8. The molecule has 1 amide bonds. The van der Waals surface area contributed by atoms with Crippen LogP contribution in [0.4, 0.5) is 0 Å². The first-order valence-corrected chi connectivity index (χ1v) is 4.48. The number of carbonyl (C=O) groups excluding carboxylic acids is 1. The van der Waals surface area contributed by atoms with Crippen molar-refractivity contribution in [3.63, 3.8) is 0 Å². The maximum absolute atomic E-state index is 10.8. The Hall–Kier alpha value is -1.03. The Labute approximate surface area is 81.9 Å². The van der Waals surface area contributed by atoms with Crippen LogP contribution in [-0.4, -0.2) is 21.6 Å². The summed E-state index contributed by atoms with van der Waals surface area (Å²) in [5.41, 5.74) is 1.94. The second-order valence-electron chi connectivity index (χ2n) is 2.84. The molecular formula is C8H12ClN3O. The number of amides is 1. The summed E-state index contributed by atoms with van der Waals surface area (Å²) in [4.78, 5) is 10.8. The van der Waals surface area contributed by atoms with Crippen molar-refractivity contribution in [2.45, 2.75) is 13.5 Å². The number of alkyl halides is 1. The van der Waals surface area contributed by atoms with Crippen LogP contribution in [0.15, 0.2) is 6.20 Å². The highest BCUT2D eigenvalue weighted by molar-refractivity contribution is 6.27. The molecular weight excluding hydrogens is 190 g/mol. The van der Waals surface area contributed by atoms with E-state index in [0.29, 0.717) is 6.54 Å². The van der Waals surface area contributed by atoms with Gasteiger partial charge in [-0.05, 0) is 12.5 Å². The van der Waals surface area contributed by atoms with E-state index in [9.17, 15) is 4.79 Å². The third-order valence-corrected chi connectivity index (χ3v) is 1.93. The topological polar surface area (TPSA) is 46.9 Å². The molecule has 0 aromatic carbocycles. The summed E-state index contributed by atoms with van der Waals surface area (Å²) in [5, 5.41) is 6.83. The predicted molar refractivity (Wildman–Crippen MR) is 50.5 cm³/mol. The van der Waals surface area contributed by atoms with Gasteiger partial charge in [0.1, 0.15) is 5.88 Å². The van der Waals surface area contributed by atoms with Gasteiger partial charge in [-0.2, -0.15) is 5.10 Å². The zero-order chi connectivity index (χ0) is 9.84. The fourth-order valence-electron chi connectivity index (χ4n) is 1.06. The van der Waals surface area contributed by atoms with Crippen LogP contribution < -0.4 is 5.32 Å². The van der Waals surface area contributed by atoms with Gasteiger partial charge in [-0.3, -0.25) is 9.48 Å². The molecule has 0 aliphatic heterocycles. The van der Waals surface area contributed by atoms with E-state index in [-0.39, 0.29) is 11.8 Å². The average Bonchev–Trinajstić information content (AvgIpc) is 2.41. The van der Waals surface area contributed by atoms with E-state index < -0.39 is 0 Å². The van der Waals surface area contributed by atoms with E-state index in [1.807, 2.05) is 20.2 Å². The monoisotopic (exact) mass is 201 g/mol. The maximum Gasteiger partial charge on any atom is 0.235 e. The molecule has 0 spiro atoms. The molecule has 1 heterocycles. The van der Waals surface area contributed by atoms with Crippen molar-refractivity contribution in [1.29, 1.82) is 0 Å². The molecule has 0 radical (unpaired) electrons. The first kappa shape index (κ1) is 10.1. The van der Waals surface area contributed by atoms with Gasteiger partial charge in [0.2, 0.25) is 5.91 Å². The van der Waals surface area contributed by atoms with E-state index in [1.165, 1.54) is 0 Å². The van der Waals surface area contributed by atoms with Crippen LogP contribution in [0.3, 0.4) is 0 Å². The molecule has 1 aromatic rings. The van der Waals surface area contributed by atoms with Crippen LogP contribution >= 0.6 is 11.6 Å². The predicted octanol–water partition coefficient (Wildman–Crippen LogP) is 0.584. The molecule has 0 aliphatic carbocycles. The summed E-state index contributed by atoms with van der Waals surface area (Å²) in [6.45, 7) is 2.40. The Balaban J connectivity index is 2.54. The van der Waals surface area contributed by atoms with Gasteiger partial charge in [0.25, 0.3) is 0 Å². The molecule has 1 N–H and O–H groups in total. The van der Waals surface area contributed by atoms with Crippen molar-refractivity contribution in [2.75, 3.05) is 5.88 Å². The van der Waals surface area contributed by atoms with Crippen molar-refractivity contribution in [3.8, 4) is 0 Å². The number of nitrogens with zero attached hydrogens (tertiary/aromatic N) is 2. The summed E-state index contributed by atoms with van der Waals surface area (Å²) < 4.78 is 1.72. The molecule has 0 bridgehead atoms. The minimum Gasteiger partial charge on any atom is -0.349 e. The summed E-state index contributed by atoms with van der Waals surface area (Å²) in [5.74, 6) is -0.182. The van der Waals surface area contributed by atoms with Crippen LogP contribution in [-0.2, 0) is 18.4 Å². The van der Waals surface area contributed by atoms with E-state index >= 15 is 0 Å². The minimum absolute atomic E-state index is 0.00805. The second kappa shape index (κ2) is 4.28. The molecule has 0 fully saturated rings. The fourth-order valence-corrected chi connectivity index (χ4v) is 1.15. The van der Waals surface area contributed by atoms with Crippen LogP contribution in [0.25, 0.3) is 0 Å². The normalized spacial score (nSPS) is 10.1. The first-order chi connectivity index (χ1) is 6.13. The van der Waals surface area contributed by atoms with Gasteiger partial charge in [-0.25, -0.2) is 0 Å². The molecule has 0 atom stereocenters. The van der Waals surface area contributed by atoms with Crippen molar-refractivity contribution in [2.24, 2.45) is 7.05 Å². The average molecular weight is 202 g/mol. The van der Waals surface area contributed by atoms with Gasteiger partial charge in [-0.15, -0.1) is 11.6 Å². The number of aryl methyl sites for hydroxylation is 2. The molecule has 1 rings (SSSR count). The summed E-state index contributed by atoms with van der Waals surface area (Å²) in [6, 6.07) is 0. The molecule has 0 aliphatic rings. The Kier molecular flexibility index (Phi) is 3.31. The SMILES string of the molecule is Cc1cn(C)nc1CNC(=O)CCl. The van der Waals surface area contributed by atoms with Crippen LogP contribution in [0, 0.1) is 6.92 Å². The molecule has 4 nitrogen and oxygen atoms in total. The summed E-state index contributed by atoms with van der Waals surface area (Å²) >= 11 is 5.33. The summed E-state index contributed by atoms with van der Waals surface area (Å²) in [7, 11) is 1.85. The van der Waals surface area contributed by atoms with Crippen molar-refractivity contribution < 1.29 is 4.79 Å². The lowest BCUT2D eigenvalue weighted by Crippen LogP contribution is -2.24. The van der Waals surface area contributed by atoms with Crippen molar-refractivity contribution in [1.82, 2.24) is 15.1 Å². The number of nitrogens with one attached hydrogen (secondary N) is 1. The number of rotatable bonds is 3. The smallest absolute Gasteiger partial charge is 0.235 e. The van der Waals surface area contributed by atoms with Gasteiger partial charge in [-0.1, -0.05) is 0 Å². The standard InChI is InChI=1S/C8H12ClN3O/c1-6-5-12(2)11-7(6)4-10-8(13)3-9/h5H,3-4H2,1-2H3,(H,10,13). The third kappa shape index (κ3) is 2.73. The van der Waals surface area contributed by atoms with Gasteiger partial charge in [0, 0.05) is 13.2 Å². The Bertz CT molecular complexity index is 308. The number of hydrogen-bond donors (Lipinski definition) is 1. The third-order valence-electron chi connectivity index (χ3n) is 1.69. The van der Waals surface area contributed by atoms with Crippen molar-refractivity contribution in [3.05, 3.63) is 17.5 Å². The van der Waals surface area contributed by atoms with Crippen molar-refractivity contribution >= 4 is 17.5 Å². The lowest BCUT2D eigenvalue weighted by molar-refractivity contribution is -0.118. The minimum atomic E-state index is -0.174. The molecule has 0 unspecified atom stereocenters. The molecule has 0 saturated carbocycles. The molecule has 72 valence electrons. The Morgan fingerprint density at radius 3 is 2.92 bits per heavy atom. The van der Waals surface area contributed by atoms with Gasteiger partial charge in [0.05, 0.1) is 12.2 Å². The van der Waals surface area contributed by atoms with Gasteiger partial charge < -0.3 is 5.32 Å². The quantitative estimate of drug-likeness (QED) is 0.728. The van der Waals surface area contributed by atoms with Crippen LogP contribution in [0.1, 0.15) is 11.3 Å². The molecule has 0 saturated heterocycles. The lowest BCUT2D eigenvalue weighted by atomic mass is 10.3. The second-order valence-corrected chi connectivity index (χ2v) is 3.11.